The second-order valence-electron chi connectivity index (χ2n) is 5.73. The Morgan fingerprint density at radius 3 is 3.00 bits per heavy atom. The highest BCUT2D eigenvalue weighted by atomic mass is 16.5. The van der Waals surface area contributed by atoms with Gasteiger partial charge in [0.05, 0.1) is 5.69 Å². The zero-order valence-electron chi connectivity index (χ0n) is 12.4. The van der Waals surface area contributed by atoms with Crippen LogP contribution in [-0.4, -0.2) is 19.1 Å². The Morgan fingerprint density at radius 2 is 2.20 bits per heavy atom. The van der Waals surface area contributed by atoms with E-state index in [9.17, 15) is 4.79 Å². The number of ether oxygens (including phenoxy) is 1. The number of carbonyl (C=O) groups is 1. The molecule has 1 aromatic carbocycles. The third kappa shape index (κ3) is 4.53. The SMILES string of the molecule is CC(C)CCCCNCc1ccc2c(c1)NC(=O)CO2. The maximum absolute atomic E-state index is 11.3. The molecule has 1 heterocycles. The molecule has 2 N–H and O–H groups in total. The average molecular weight is 276 g/mol. The predicted octanol–water partition coefficient (Wildman–Crippen LogP) is 2.93. The van der Waals surface area contributed by atoms with Gasteiger partial charge in [-0.2, -0.15) is 0 Å². The number of benzene rings is 1. The van der Waals surface area contributed by atoms with Crippen LogP contribution in [0.3, 0.4) is 0 Å². The van der Waals surface area contributed by atoms with Crippen LogP contribution in [-0.2, 0) is 11.3 Å². The molecule has 1 aliphatic heterocycles. The molecule has 4 nitrogen and oxygen atoms in total. The van der Waals surface area contributed by atoms with Crippen LogP contribution in [0, 0.1) is 5.92 Å². The van der Waals surface area contributed by atoms with Gasteiger partial charge < -0.3 is 15.4 Å². The van der Waals surface area contributed by atoms with E-state index in [0.717, 1.165) is 30.4 Å². The van der Waals surface area contributed by atoms with Crippen molar-refractivity contribution in [3.63, 3.8) is 0 Å². The second-order valence-corrected chi connectivity index (χ2v) is 5.73. The molecule has 2 rings (SSSR count). The fraction of sp³-hybridized carbons (Fsp3) is 0.562. The summed E-state index contributed by atoms with van der Waals surface area (Å²) in [6, 6.07) is 5.94. The van der Waals surface area contributed by atoms with Crippen molar-refractivity contribution in [3.8, 4) is 5.75 Å². The van der Waals surface area contributed by atoms with Gasteiger partial charge in [0.25, 0.3) is 5.91 Å². The standard InChI is InChI=1S/C16H24N2O2/c1-12(2)5-3-4-8-17-10-13-6-7-15-14(9-13)18-16(19)11-20-15/h6-7,9,12,17H,3-5,8,10-11H2,1-2H3,(H,18,19). The second kappa shape index (κ2) is 7.29. The van der Waals surface area contributed by atoms with Gasteiger partial charge in [0, 0.05) is 6.54 Å². The van der Waals surface area contributed by atoms with Crippen LogP contribution in [0.5, 0.6) is 5.75 Å². The summed E-state index contributed by atoms with van der Waals surface area (Å²) >= 11 is 0. The Balaban J connectivity index is 1.74. The largest absolute Gasteiger partial charge is 0.482 e. The van der Waals surface area contributed by atoms with Crippen LogP contribution in [0.4, 0.5) is 5.69 Å². The number of hydrogen-bond donors (Lipinski definition) is 2. The van der Waals surface area contributed by atoms with Crippen LogP contribution >= 0.6 is 0 Å². The molecule has 0 bridgehead atoms. The maximum Gasteiger partial charge on any atom is 0.262 e. The molecule has 0 saturated carbocycles. The predicted molar refractivity (Wildman–Crippen MR) is 81.0 cm³/mol. The van der Waals surface area contributed by atoms with Crippen LogP contribution in [0.25, 0.3) is 0 Å². The number of carbonyl (C=O) groups excluding carboxylic acids is 1. The lowest BCUT2D eigenvalue weighted by Crippen LogP contribution is -2.25. The van der Waals surface area contributed by atoms with Crippen molar-refractivity contribution < 1.29 is 9.53 Å². The molecule has 4 heteroatoms. The lowest BCUT2D eigenvalue weighted by atomic mass is 10.1. The Hall–Kier alpha value is -1.55. The van der Waals surface area contributed by atoms with Crippen molar-refractivity contribution in [3.05, 3.63) is 23.8 Å². The van der Waals surface area contributed by atoms with Crippen LogP contribution in [0.15, 0.2) is 18.2 Å². The molecule has 0 aromatic heterocycles. The number of unbranched alkanes of at least 4 members (excludes halogenated alkanes) is 1. The van der Waals surface area contributed by atoms with E-state index >= 15 is 0 Å². The van der Waals surface area contributed by atoms with E-state index in [2.05, 4.69) is 24.5 Å². The average Bonchev–Trinajstić information content (AvgIpc) is 2.42. The number of fused-ring (bicyclic) bond motifs is 1. The van der Waals surface area contributed by atoms with Gasteiger partial charge in [-0.3, -0.25) is 4.79 Å². The Bertz CT molecular complexity index is 458. The molecule has 1 aliphatic rings. The minimum absolute atomic E-state index is 0.0868. The van der Waals surface area contributed by atoms with Gasteiger partial charge in [-0.05, 0) is 36.6 Å². The monoisotopic (exact) mass is 276 g/mol. The highest BCUT2D eigenvalue weighted by molar-refractivity contribution is 5.95. The van der Waals surface area contributed by atoms with Crippen molar-refractivity contribution in [2.45, 2.75) is 39.7 Å². The summed E-state index contributed by atoms with van der Waals surface area (Å²) in [6.07, 6.45) is 3.78. The third-order valence-electron chi connectivity index (χ3n) is 3.39. The van der Waals surface area contributed by atoms with E-state index < -0.39 is 0 Å². The first-order valence-corrected chi connectivity index (χ1v) is 7.41. The van der Waals surface area contributed by atoms with E-state index in [4.69, 9.17) is 4.74 Å². The van der Waals surface area contributed by atoms with E-state index in [-0.39, 0.29) is 12.5 Å². The zero-order valence-corrected chi connectivity index (χ0v) is 12.4. The minimum atomic E-state index is -0.0868. The fourth-order valence-electron chi connectivity index (χ4n) is 2.28. The molecule has 0 unspecified atom stereocenters. The highest BCUT2D eigenvalue weighted by Gasteiger charge is 2.15. The van der Waals surface area contributed by atoms with E-state index in [1.807, 2.05) is 18.2 Å². The summed E-state index contributed by atoms with van der Waals surface area (Å²) in [5.74, 6) is 1.46. The molecule has 0 spiro atoms. The van der Waals surface area contributed by atoms with Crippen molar-refractivity contribution in [1.29, 1.82) is 0 Å². The first-order chi connectivity index (χ1) is 9.65. The number of amides is 1. The van der Waals surface area contributed by atoms with Crippen molar-refractivity contribution in [2.24, 2.45) is 5.92 Å². The van der Waals surface area contributed by atoms with Gasteiger partial charge in [0.2, 0.25) is 0 Å². The van der Waals surface area contributed by atoms with Crippen LogP contribution in [0.1, 0.15) is 38.7 Å². The fourth-order valence-corrected chi connectivity index (χ4v) is 2.28. The smallest absolute Gasteiger partial charge is 0.262 e. The maximum atomic E-state index is 11.3. The van der Waals surface area contributed by atoms with Crippen molar-refractivity contribution in [2.75, 3.05) is 18.5 Å². The van der Waals surface area contributed by atoms with Crippen LogP contribution < -0.4 is 15.4 Å². The minimum Gasteiger partial charge on any atom is -0.482 e. The van der Waals surface area contributed by atoms with Gasteiger partial charge in [-0.25, -0.2) is 0 Å². The topological polar surface area (TPSA) is 50.4 Å². The Morgan fingerprint density at radius 1 is 1.35 bits per heavy atom. The van der Waals surface area contributed by atoms with Crippen molar-refractivity contribution in [1.82, 2.24) is 5.32 Å². The lowest BCUT2D eigenvalue weighted by Gasteiger charge is -2.18. The van der Waals surface area contributed by atoms with Crippen molar-refractivity contribution >= 4 is 11.6 Å². The van der Waals surface area contributed by atoms with Gasteiger partial charge in [0.15, 0.2) is 6.61 Å². The van der Waals surface area contributed by atoms with E-state index in [1.54, 1.807) is 0 Å². The highest BCUT2D eigenvalue weighted by Crippen LogP contribution is 2.28. The Kier molecular flexibility index (Phi) is 5.41. The third-order valence-corrected chi connectivity index (χ3v) is 3.39. The molecule has 20 heavy (non-hydrogen) atoms. The molecule has 0 aliphatic carbocycles. The number of hydrogen-bond acceptors (Lipinski definition) is 3. The molecular formula is C16H24N2O2. The van der Waals surface area contributed by atoms with Gasteiger partial charge in [-0.1, -0.05) is 32.8 Å². The summed E-state index contributed by atoms with van der Waals surface area (Å²) in [5.41, 5.74) is 1.94. The summed E-state index contributed by atoms with van der Waals surface area (Å²) in [6.45, 7) is 6.49. The van der Waals surface area contributed by atoms with E-state index in [0.29, 0.717) is 0 Å². The molecular weight excluding hydrogens is 252 g/mol. The molecule has 1 amide bonds. The number of rotatable bonds is 7. The summed E-state index contributed by atoms with van der Waals surface area (Å²) in [5, 5.41) is 6.27. The molecule has 0 saturated heterocycles. The van der Waals surface area contributed by atoms with Gasteiger partial charge in [0.1, 0.15) is 5.75 Å². The van der Waals surface area contributed by atoms with E-state index in [1.165, 1.54) is 24.8 Å². The summed E-state index contributed by atoms with van der Waals surface area (Å²) < 4.78 is 5.34. The number of nitrogens with one attached hydrogen (secondary N) is 2. The summed E-state index contributed by atoms with van der Waals surface area (Å²) in [7, 11) is 0. The Labute approximate surface area is 120 Å². The normalized spacial score (nSPS) is 13.8. The summed E-state index contributed by atoms with van der Waals surface area (Å²) in [4.78, 5) is 11.3. The number of anilines is 1. The van der Waals surface area contributed by atoms with Gasteiger partial charge >= 0.3 is 0 Å². The molecule has 0 fully saturated rings. The molecule has 0 radical (unpaired) electrons. The molecule has 1 aromatic rings. The first kappa shape index (κ1) is 14.9. The van der Waals surface area contributed by atoms with Crippen LogP contribution in [0.2, 0.25) is 0 Å². The first-order valence-electron chi connectivity index (χ1n) is 7.41. The zero-order chi connectivity index (χ0) is 14.4. The quantitative estimate of drug-likeness (QED) is 0.753. The van der Waals surface area contributed by atoms with Gasteiger partial charge in [-0.15, -0.1) is 0 Å². The lowest BCUT2D eigenvalue weighted by molar-refractivity contribution is -0.118. The molecule has 0 atom stereocenters. The molecule has 110 valence electrons.